The van der Waals surface area contributed by atoms with Gasteiger partial charge in [0.05, 0.1) is 0 Å². The molecule has 0 saturated carbocycles. The molecule has 0 atom stereocenters. The van der Waals surface area contributed by atoms with Crippen LogP contribution in [-0.4, -0.2) is 0 Å². The highest BCUT2D eigenvalue weighted by Gasteiger charge is 2.36. The largest absolute Gasteiger partial charge is 0.456 e. The van der Waals surface area contributed by atoms with Gasteiger partial charge in [-0.2, -0.15) is 0 Å². The van der Waals surface area contributed by atoms with Crippen LogP contribution in [-0.2, 0) is 11.8 Å². The predicted molar refractivity (Wildman–Crippen MR) is 274 cm³/mol. The van der Waals surface area contributed by atoms with Crippen molar-refractivity contribution in [3.05, 3.63) is 225 Å². The normalized spacial score (nSPS) is 11.9. The molecule has 1 nitrogen and oxygen atoms in total. The summed E-state index contributed by atoms with van der Waals surface area (Å²) in [6.45, 7) is 29.9. The Hall–Kier alpha value is -6.18. The summed E-state index contributed by atoms with van der Waals surface area (Å²) in [4.78, 5) is 0. The molecule has 0 aliphatic heterocycles. The van der Waals surface area contributed by atoms with E-state index >= 15 is 0 Å². The molecule has 0 fully saturated rings. The highest BCUT2D eigenvalue weighted by molar-refractivity contribution is 6.03. The molecule has 9 rings (SSSR count). The third kappa shape index (κ3) is 11.6. The Labute approximate surface area is 373 Å². The van der Waals surface area contributed by atoms with E-state index in [-0.39, 0.29) is 5.41 Å². The van der Waals surface area contributed by atoms with Crippen LogP contribution in [0.1, 0.15) is 114 Å². The fraction of sp³-hybridized carbons (Fsp3) is 0.246. The smallest absolute Gasteiger partial charge is 0.135 e. The highest BCUT2D eigenvalue weighted by atomic mass is 16.3. The summed E-state index contributed by atoms with van der Waals surface area (Å²) >= 11 is 0. The Morgan fingerprint density at radius 3 is 1.71 bits per heavy atom. The van der Waals surface area contributed by atoms with Crippen LogP contribution < -0.4 is 0 Å². The first kappa shape index (κ1) is 46.9. The van der Waals surface area contributed by atoms with Gasteiger partial charge in [-0.25, -0.2) is 0 Å². The molecule has 7 aromatic carbocycles. The van der Waals surface area contributed by atoms with Gasteiger partial charge in [-0.05, 0) is 129 Å². The molecule has 1 aromatic heterocycles. The monoisotopic (exact) mass is 817 g/mol. The quantitative estimate of drug-likeness (QED) is 0.172. The molecule has 0 N–H and O–H groups in total. The van der Waals surface area contributed by atoms with E-state index in [1.807, 2.05) is 37.3 Å². The molecule has 8 aromatic rings. The number of aryl methyl sites for hydroxylation is 7. The molecule has 0 radical (unpaired) electrons. The minimum atomic E-state index is 0.0888. The van der Waals surface area contributed by atoms with Crippen LogP contribution >= 0.6 is 0 Å². The Balaban J connectivity index is 0.000000157. The number of hydrogen-bond acceptors (Lipinski definition) is 1. The average molecular weight is 817 g/mol. The molecule has 1 heterocycles. The molecule has 0 amide bonds. The fourth-order valence-corrected chi connectivity index (χ4v) is 8.15. The lowest BCUT2D eigenvalue weighted by Crippen LogP contribution is -2.15. The Kier molecular flexibility index (Phi) is 16.3. The number of fused-ring (bicyclic) bond motifs is 6. The fourth-order valence-electron chi connectivity index (χ4n) is 8.15. The van der Waals surface area contributed by atoms with Crippen LogP contribution in [0.4, 0.5) is 0 Å². The lowest BCUT2D eigenvalue weighted by Gasteiger charge is -2.22. The highest BCUT2D eigenvalue weighted by Crippen LogP contribution is 2.52. The summed E-state index contributed by atoms with van der Waals surface area (Å²) in [6.07, 6.45) is 7.01. The number of benzene rings is 7. The molecule has 1 aliphatic rings. The van der Waals surface area contributed by atoms with E-state index in [9.17, 15) is 0 Å². The molecule has 0 bridgehead atoms. The van der Waals surface area contributed by atoms with Crippen LogP contribution in [0.25, 0.3) is 45.0 Å². The van der Waals surface area contributed by atoms with Crippen LogP contribution in [0.5, 0.6) is 0 Å². The average Bonchev–Trinajstić information content (AvgIpc) is 3.72. The summed E-state index contributed by atoms with van der Waals surface area (Å²) in [6, 6.07) is 51.8. The van der Waals surface area contributed by atoms with Gasteiger partial charge in [0.1, 0.15) is 11.3 Å². The molecular formula is C61H68O. The summed E-state index contributed by atoms with van der Waals surface area (Å²) in [7, 11) is 0. The molecule has 1 heteroatoms. The Morgan fingerprint density at radius 1 is 0.581 bits per heavy atom. The van der Waals surface area contributed by atoms with Crippen LogP contribution in [0.3, 0.4) is 0 Å². The van der Waals surface area contributed by atoms with Crippen molar-refractivity contribution in [1.29, 1.82) is 0 Å². The first-order valence-corrected chi connectivity index (χ1v) is 22.2. The van der Waals surface area contributed by atoms with E-state index in [1.165, 1.54) is 82.9 Å². The van der Waals surface area contributed by atoms with Crippen molar-refractivity contribution in [1.82, 2.24) is 0 Å². The zero-order chi connectivity index (χ0) is 45.0. The molecule has 0 saturated heterocycles. The van der Waals surface area contributed by atoms with Crippen molar-refractivity contribution in [2.24, 2.45) is 0 Å². The van der Waals surface area contributed by atoms with E-state index < -0.39 is 0 Å². The van der Waals surface area contributed by atoms with Gasteiger partial charge in [-0.15, -0.1) is 0 Å². The maximum absolute atomic E-state index is 5.77. The van der Waals surface area contributed by atoms with Crippen molar-refractivity contribution in [3.63, 3.8) is 0 Å². The van der Waals surface area contributed by atoms with Crippen LogP contribution in [0.15, 0.2) is 163 Å². The second-order valence-electron chi connectivity index (χ2n) is 17.5. The van der Waals surface area contributed by atoms with E-state index in [4.69, 9.17) is 4.42 Å². The molecule has 318 valence electrons. The van der Waals surface area contributed by atoms with Gasteiger partial charge in [0, 0.05) is 16.4 Å². The third-order valence-electron chi connectivity index (χ3n) is 11.6. The number of rotatable bonds is 4. The number of allylic oxidation sites excluding steroid dienone is 1. The van der Waals surface area contributed by atoms with E-state index in [2.05, 4.69) is 210 Å². The van der Waals surface area contributed by atoms with Gasteiger partial charge in [0.2, 0.25) is 0 Å². The number of furan rings is 1. The Bertz CT molecular complexity index is 2730. The Morgan fingerprint density at radius 2 is 1.18 bits per heavy atom. The second kappa shape index (κ2) is 21.6. The van der Waals surface area contributed by atoms with Crippen molar-refractivity contribution in [2.75, 3.05) is 0 Å². The van der Waals surface area contributed by atoms with Crippen molar-refractivity contribution < 1.29 is 4.42 Å². The van der Waals surface area contributed by atoms with Crippen molar-refractivity contribution in [3.8, 4) is 11.1 Å². The molecule has 0 spiro atoms. The maximum Gasteiger partial charge on any atom is 0.135 e. The topological polar surface area (TPSA) is 13.1 Å². The lowest BCUT2D eigenvalue weighted by molar-refractivity contribution is 0.603. The molecule has 0 unspecified atom stereocenters. The SMILES string of the molecule is C=Cc1oc2ccc(C(C)C)cc2c1/C=C\C.CCc1cccc(C)c1.Cc1ccc2c(c1)C(C)(C)c1cc(C)c3ccccc3c1-2.Cc1cccc(C)c1.Cc1ccccc1. The maximum atomic E-state index is 5.77. The predicted octanol–water partition coefficient (Wildman–Crippen LogP) is 17.9. The third-order valence-corrected chi connectivity index (χ3v) is 11.6. The van der Waals surface area contributed by atoms with Crippen LogP contribution in [0, 0.1) is 41.5 Å². The molecule has 1 aliphatic carbocycles. The summed E-state index contributed by atoms with van der Waals surface area (Å²) in [5, 5.41) is 3.94. The summed E-state index contributed by atoms with van der Waals surface area (Å²) < 4.78 is 5.77. The van der Waals surface area contributed by atoms with Crippen molar-refractivity contribution >= 4 is 33.9 Å². The zero-order valence-corrected chi connectivity index (χ0v) is 39.5. The second-order valence-corrected chi connectivity index (χ2v) is 17.5. The van der Waals surface area contributed by atoms with Crippen molar-refractivity contribution in [2.45, 2.75) is 101 Å². The van der Waals surface area contributed by atoms with Gasteiger partial charge in [-0.3, -0.25) is 0 Å². The van der Waals surface area contributed by atoms with Gasteiger partial charge in [0.25, 0.3) is 0 Å². The molecular weight excluding hydrogens is 749 g/mol. The van der Waals surface area contributed by atoms with E-state index in [1.54, 1.807) is 6.08 Å². The van der Waals surface area contributed by atoms with Gasteiger partial charge in [-0.1, -0.05) is 215 Å². The zero-order valence-electron chi connectivity index (χ0n) is 39.5. The van der Waals surface area contributed by atoms with Gasteiger partial charge < -0.3 is 4.42 Å². The molecule has 62 heavy (non-hydrogen) atoms. The van der Waals surface area contributed by atoms with E-state index in [0.717, 1.165) is 23.3 Å². The van der Waals surface area contributed by atoms with E-state index in [0.29, 0.717) is 5.92 Å². The standard InChI is InChI=1S/C21H20.C16H18O.C9H12.C8H10.C7H8/c1-13-9-10-17-18(11-13)21(3,4)19-12-14(2)15-7-5-6-8-16(15)20(17)19;1-5-7-13-14-10-12(11(3)4)8-9-16(14)17-15(13)6-2;1-3-9-6-4-5-8(2)7-9;1-7-4-3-5-8(2)6-7;1-7-5-3-2-4-6-7/h5-12H,1-4H3;5-11H,2H2,1,3-4H3;4-7H,3H2,1-2H3;3-6H,1-2H3;2-6H,1H3/b;7-5-;;;. The van der Waals surface area contributed by atoms with Gasteiger partial charge in [0.15, 0.2) is 0 Å². The number of hydrogen-bond donors (Lipinski definition) is 0. The summed E-state index contributed by atoms with van der Waals surface area (Å²) in [5.74, 6) is 1.37. The first-order valence-electron chi connectivity index (χ1n) is 22.2. The minimum Gasteiger partial charge on any atom is -0.456 e. The lowest BCUT2D eigenvalue weighted by atomic mass is 9.81. The van der Waals surface area contributed by atoms with Gasteiger partial charge >= 0.3 is 0 Å². The van der Waals surface area contributed by atoms with Crippen LogP contribution in [0.2, 0.25) is 0 Å². The first-order chi connectivity index (χ1) is 29.7. The minimum absolute atomic E-state index is 0.0888. The summed E-state index contributed by atoms with van der Waals surface area (Å²) in [5.41, 5.74) is 18.8.